The number of aldehydes is 1. The van der Waals surface area contributed by atoms with Gasteiger partial charge in [0.2, 0.25) is 0 Å². The van der Waals surface area contributed by atoms with E-state index in [2.05, 4.69) is 6.07 Å². The summed E-state index contributed by atoms with van der Waals surface area (Å²) < 4.78 is 5.15. The molecule has 1 heterocycles. The Balaban J connectivity index is 0.00000162. The number of hydrogen-bond acceptors (Lipinski definition) is 4. The molecular formula is C13H14NO3Y-. The normalized spacial score (nSPS) is 18.3. The average Bonchev–Trinajstić information content (AvgIpc) is 2.77. The second-order valence-corrected chi connectivity index (χ2v) is 4.12. The Morgan fingerprint density at radius 1 is 1.61 bits per heavy atom. The third kappa shape index (κ3) is 3.71. The van der Waals surface area contributed by atoms with Gasteiger partial charge in [0.1, 0.15) is 0 Å². The van der Waals surface area contributed by atoms with Crippen LogP contribution in [0.25, 0.3) is 0 Å². The van der Waals surface area contributed by atoms with Crippen LogP contribution in [0.1, 0.15) is 28.8 Å². The Kier molecular flexibility index (Phi) is 6.12. The van der Waals surface area contributed by atoms with Crippen LogP contribution in [-0.4, -0.2) is 30.4 Å². The van der Waals surface area contributed by atoms with Gasteiger partial charge in [-0.25, -0.2) is 0 Å². The first-order valence-corrected chi connectivity index (χ1v) is 5.55. The Bertz CT molecular complexity index is 436. The van der Waals surface area contributed by atoms with Gasteiger partial charge in [-0.1, -0.05) is 5.56 Å². The van der Waals surface area contributed by atoms with Gasteiger partial charge in [0, 0.05) is 45.7 Å². The molecule has 1 aliphatic rings. The third-order valence-corrected chi connectivity index (χ3v) is 2.87. The van der Waals surface area contributed by atoms with Crippen LogP contribution in [0, 0.1) is 6.07 Å². The molecule has 1 aromatic rings. The molecule has 0 aromatic heterocycles. The SMILES string of the molecule is CN(Cc1[c-]cccc1C=O)C1CCC(=O)O1.[Y]. The summed E-state index contributed by atoms with van der Waals surface area (Å²) in [5, 5.41) is 0. The molecule has 0 N–H and O–H groups in total. The van der Waals surface area contributed by atoms with E-state index in [1.54, 1.807) is 18.2 Å². The number of nitrogens with zero attached hydrogens (tertiary/aromatic N) is 1. The van der Waals surface area contributed by atoms with Gasteiger partial charge in [-0.2, -0.15) is 24.3 Å². The number of esters is 1. The van der Waals surface area contributed by atoms with Crippen LogP contribution in [0.3, 0.4) is 0 Å². The van der Waals surface area contributed by atoms with E-state index in [0.717, 1.165) is 11.8 Å². The standard InChI is InChI=1S/C13H14NO3.Y/c1-14(12-6-7-13(16)17-12)8-10-4-2-3-5-11(10)9-15;/h2-3,5,9,12H,6-8H2,1H3;/q-1;. The Hall–Kier alpha value is -0.576. The number of carbonyl (C=O) groups excluding carboxylic acids is 2. The maximum atomic E-state index is 11.0. The van der Waals surface area contributed by atoms with Crippen molar-refractivity contribution in [3.63, 3.8) is 0 Å². The quantitative estimate of drug-likeness (QED) is 0.478. The zero-order valence-corrected chi connectivity index (χ0v) is 13.1. The number of hydrogen-bond donors (Lipinski definition) is 0. The fraction of sp³-hybridized carbons (Fsp3) is 0.385. The maximum Gasteiger partial charge on any atom is 0.307 e. The predicted octanol–water partition coefficient (Wildman–Crippen LogP) is 1.39. The van der Waals surface area contributed by atoms with E-state index in [1.807, 2.05) is 11.9 Å². The molecular weight excluding hydrogens is 307 g/mol. The summed E-state index contributed by atoms with van der Waals surface area (Å²) >= 11 is 0. The van der Waals surface area contributed by atoms with Crippen molar-refractivity contribution < 1.29 is 47.0 Å². The summed E-state index contributed by atoms with van der Waals surface area (Å²) in [5.74, 6) is -0.158. The fourth-order valence-electron chi connectivity index (χ4n) is 1.90. The van der Waals surface area contributed by atoms with Gasteiger partial charge in [-0.15, -0.1) is 5.56 Å². The van der Waals surface area contributed by atoms with Crippen LogP contribution in [0.15, 0.2) is 18.2 Å². The van der Waals surface area contributed by atoms with Crippen molar-refractivity contribution in [2.45, 2.75) is 25.6 Å². The Labute approximate surface area is 132 Å². The van der Waals surface area contributed by atoms with Gasteiger partial charge in [0.05, 0.1) is 12.7 Å². The van der Waals surface area contributed by atoms with Gasteiger partial charge >= 0.3 is 5.97 Å². The van der Waals surface area contributed by atoms with Crippen molar-refractivity contribution in [1.82, 2.24) is 4.90 Å². The predicted molar refractivity (Wildman–Crippen MR) is 61.2 cm³/mol. The minimum Gasteiger partial charge on any atom is -0.446 e. The summed E-state index contributed by atoms with van der Waals surface area (Å²) in [6, 6.07) is 8.35. The molecule has 1 saturated heterocycles. The monoisotopic (exact) mass is 321 g/mol. The van der Waals surface area contributed by atoms with Crippen molar-refractivity contribution >= 4 is 12.3 Å². The van der Waals surface area contributed by atoms with E-state index in [0.29, 0.717) is 24.9 Å². The van der Waals surface area contributed by atoms with Crippen molar-refractivity contribution in [2.75, 3.05) is 7.05 Å². The number of rotatable bonds is 4. The van der Waals surface area contributed by atoms with E-state index in [4.69, 9.17) is 4.74 Å². The molecule has 1 aliphatic heterocycles. The molecule has 1 unspecified atom stereocenters. The minimum absolute atomic E-state index is 0. The molecule has 0 amide bonds. The zero-order valence-electron chi connectivity index (χ0n) is 10.3. The van der Waals surface area contributed by atoms with E-state index in [1.165, 1.54) is 0 Å². The van der Waals surface area contributed by atoms with Gasteiger partial charge in [0.15, 0.2) is 6.23 Å². The summed E-state index contributed by atoms with van der Waals surface area (Å²) in [5.41, 5.74) is 1.46. The summed E-state index contributed by atoms with van der Waals surface area (Å²) in [6.45, 7) is 0.548. The first-order chi connectivity index (χ1) is 8.20. The molecule has 0 bridgehead atoms. The molecule has 1 fully saturated rings. The van der Waals surface area contributed by atoms with Crippen LogP contribution in [0.5, 0.6) is 0 Å². The van der Waals surface area contributed by atoms with Crippen LogP contribution in [0.2, 0.25) is 0 Å². The summed E-state index contributed by atoms with van der Waals surface area (Å²) in [7, 11) is 1.87. The van der Waals surface area contributed by atoms with Crippen LogP contribution in [-0.2, 0) is 48.8 Å². The maximum absolute atomic E-state index is 11.0. The van der Waals surface area contributed by atoms with E-state index >= 15 is 0 Å². The van der Waals surface area contributed by atoms with Crippen LogP contribution in [0.4, 0.5) is 0 Å². The minimum atomic E-state index is -0.185. The molecule has 1 aromatic carbocycles. The van der Waals surface area contributed by atoms with Crippen molar-refractivity contribution in [3.05, 3.63) is 35.4 Å². The molecule has 1 atom stereocenters. The molecule has 0 aliphatic carbocycles. The molecule has 0 saturated carbocycles. The second kappa shape index (κ2) is 7.12. The number of ether oxygens (including phenoxy) is 1. The van der Waals surface area contributed by atoms with E-state index in [9.17, 15) is 9.59 Å². The third-order valence-electron chi connectivity index (χ3n) is 2.87. The topological polar surface area (TPSA) is 46.6 Å². The smallest absolute Gasteiger partial charge is 0.307 e. The number of carbonyl (C=O) groups is 2. The van der Waals surface area contributed by atoms with Crippen molar-refractivity contribution in [3.8, 4) is 0 Å². The molecule has 93 valence electrons. The molecule has 5 heteroatoms. The van der Waals surface area contributed by atoms with Gasteiger partial charge in [0.25, 0.3) is 0 Å². The first kappa shape index (κ1) is 15.5. The number of benzene rings is 1. The summed E-state index contributed by atoms with van der Waals surface area (Å²) in [4.78, 5) is 23.8. The largest absolute Gasteiger partial charge is 0.446 e. The van der Waals surface area contributed by atoms with E-state index in [-0.39, 0.29) is 44.9 Å². The van der Waals surface area contributed by atoms with E-state index < -0.39 is 0 Å². The van der Waals surface area contributed by atoms with Crippen molar-refractivity contribution in [1.29, 1.82) is 0 Å². The van der Waals surface area contributed by atoms with Gasteiger partial charge < -0.3 is 9.53 Å². The Morgan fingerprint density at radius 2 is 2.39 bits per heavy atom. The molecule has 1 radical (unpaired) electrons. The molecule has 0 spiro atoms. The molecule has 18 heavy (non-hydrogen) atoms. The van der Waals surface area contributed by atoms with Gasteiger partial charge in [-0.05, 0) is 7.05 Å². The first-order valence-electron chi connectivity index (χ1n) is 5.55. The second-order valence-electron chi connectivity index (χ2n) is 4.12. The van der Waals surface area contributed by atoms with Crippen LogP contribution >= 0.6 is 0 Å². The molecule has 4 nitrogen and oxygen atoms in total. The summed E-state index contributed by atoms with van der Waals surface area (Å²) in [6.07, 6.45) is 1.81. The zero-order chi connectivity index (χ0) is 12.3. The van der Waals surface area contributed by atoms with Crippen molar-refractivity contribution in [2.24, 2.45) is 0 Å². The average molecular weight is 321 g/mol. The Morgan fingerprint density at radius 3 is 3.00 bits per heavy atom. The number of cyclic esters (lactones) is 1. The van der Waals surface area contributed by atoms with Gasteiger partial charge in [-0.3, -0.25) is 9.69 Å². The van der Waals surface area contributed by atoms with Crippen LogP contribution < -0.4 is 0 Å². The fourth-order valence-corrected chi connectivity index (χ4v) is 1.90. The molecule has 2 rings (SSSR count).